The second-order valence-corrected chi connectivity index (χ2v) is 22.6. The minimum Gasteiger partial charge on any atom is -0.394 e. The Morgan fingerprint density at radius 1 is 0.432 bits per heavy atom. The Labute approximate surface area is 451 Å². The van der Waals surface area contributed by atoms with Gasteiger partial charge in [0.1, 0.15) is 48.8 Å². The zero-order valence-corrected chi connectivity index (χ0v) is 47.4. The Morgan fingerprint density at radius 3 is 1.15 bits per heavy atom. The molecule has 2 fully saturated rings. The zero-order chi connectivity index (χ0) is 53.9. The van der Waals surface area contributed by atoms with Gasteiger partial charge in [-0.15, -0.1) is 0 Å². The molecule has 0 aromatic carbocycles. The van der Waals surface area contributed by atoms with Crippen molar-refractivity contribution >= 4 is 5.91 Å². The molecule has 2 saturated heterocycles. The fourth-order valence-electron chi connectivity index (χ4n) is 10.8. The first-order valence-corrected chi connectivity index (χ1v) is 31.3. The van der Waals surface area contributed by atoms with Crippen LogP contribution in [0.15, 0.2) is 0 Å². The number of amides is 1. The van der Waals surface area contributed by atoms with Gasteiger partial charge in [-0.2, -0.15) is 0 Å². The molecule has 0 aliphatic carbocycles. The van der Waals surface area contributed by atoms with Gasteiger partial charge in [-0.25, -0.2) is 0 Å². The summed E-state index contributed by atoms with van der Waals surface area (Å²) in [7, 11) is 0. The number of carbonyl (C=O) groups excluding carboxylic acids is 1. The summed E-state index contributed by atoms with van der Waals surface area (Å²) in [6.45, 7) is 2.91. The van der Waals surface area contributed by atoms with Gasteiger partial charge in [0.15, 0.2) is 12.6 Å². The summed E-state index contributed by atoms with van der Waals surface area (Å²) in [6, 6.07) is -0.822. The summed E-state index contributed by atoms with van der Waals surface area (Å²) in [4.78, 5) is 13.3. The van der Waals surface area contributed by atoms with E-state index in [1.54, 1.807) is 0 Å². The molecule has 0 bridgehead atoms. The van der Waals surface area contributed by atoms with Crippen molar-refractivity contribution in [3.8, 4) is 0 Å². The van der Waals surface area contributed by atoms with Crippen LogP contribution in [0.4, 0.5) is 0 Å². The molecule has 0 spiro atoms. The summed E-state index contributed by atoms with van der Waals surface area (Å²) in [6.07, 6.45) is 35.3. The van der Waals surface area contributed by atoms with Gasteiger partial charge in [-0.1, -0.05) is 264 Å². The SMILES string of the molecule is CCCCCCCCCCCCCCCCCCCCCCCCCC(=O)NC(COC1OC(CO)C(OC2OC(CO)C(O)C(O)C2O)C(O)C1O)C(O)CCCCCCCCCCCCCCCCCCC. The van der Waals surface area contributed by atoms with E-state index >= 15 is 0 Å². The van der Waals surface area contributed by atoms with Crippen LogP contribution in [-0.4, -0.2) is 140 Å². The van der Waals surface area contributed by atoms with Crippen LogP contribution in [-0.2, 0) is 23.7 Å². The van der Waals surface area contributed by atoms with Crippen molar-refractivity contribution in [3.05, 3.63) is 0 Å². The lowest BCUT2D eigenvalue weighted by atomic mass is 9.97. The van der Waals surface area contributed by atoms with E-state index in [-0.39, 0.29) is 12.5 Å². The van der Waals surface area contributed by atoms with Crippen molar-refractivity contribution in [2.45, 2.75) is 357 Å². The Kier molecular flexibility index (Phi) is 43.8. The first-order chi connectivity index (χ1) is 36.1. The molecule has 0 saturated carbocycles. The topological polar surface area (TPSA) is 228 Å². The lowest BCUT2D eigenvalue weighted by Crippen LogP contribution is -2.65. The standard InChI is InChI=1S/C60H117NO13/c1-3-5-7-9-11-13-15-17-19-21-22-23-24-25-26-28-30-32-34-36-38-40-42-44-52(65)61-48(49(64)43-41-39-37-35-33-31-29-27-20-18-16-14-12-10-8-6-4-2)47-71-59-57(70)55(68)58(51(46-63)73-59)74-60-56(69)54(67)53(66)50(45-62)72-60/h48-51,53-60,62-64,66-70H,3-47H2,1-2H3,(H,61,65). The normalized spacial score (nSPS) is 25.1. The highest BCUT2D eigenvalue weighted by atomic mass is 16.7. The highest BCUT2D eigenvalue weighted by Gasteiger charge is 2.51. The number of unbranched alkanes of at least 4 members (excludes halogenated alkanes) is 38. The summed E-state index contributed by atoms with van der Waals surface area (Å²) < 4.78 is 22.9. The molecular formula is C60H117NO13. The van der Waals surface area contributed by atoms with Crippen LogP contribution >= 0.6 is 0 Å². The maximum absolute atomic E-state index is 13.3. The van der Waals surface area contributed by atoms with E-state index < -0.39 is 86.8 Å². The Hall–Kier alpha value is -1.01. The van der Waals surface area contributed by atoms with E-state index in [0.717, 1.165) is 51.4 Å². The summed E-state index contributed by atoms with van der Waals surface area (Å²) in [5, 5.41) is 87.3. The molecule has 1 amide bonds. The van der Waals surface area contributed by atoms with Crippen LogP contribution in [0.1, 0.15) is 284 Å². The zero-order valence-electron chi connectivity index (χ0n) is 47.4. The largest absolute Gasteiger partial charge is 0.394 e. The second-order valence-electron chi connectivity index (χ2n) is 22.6. The van der Waals surface area contributed by atoms with Crippen LogP contribution in [0.2, 0.25) is 0 Å². The molecule has 9 N–H and O–H groups in total. The molecule has 0 aromatic heterocycles. The van der Waals surface area contributed by atoms with Gasteiger partial charge in [0.2, 0.25) is 5.91 Å². The molecule has 74 heavy (non-hydrogen) atoms. The molecule has 0 aromatic rings. The van der Waals surface area contributed by atoms with Crippen molar-refractivity contribution in [2.24, 2.45) is 0 Å². The fraction of sp³-hybridized carbons (Fsp3) is 0.983. The molecule has 440 valence electrons. The highest BCUT2D eigenvalue weighted by Crippen LogP contribution is 2.30. The maximum Gasteiger partial charge on any atom is 0.220 e. The molecule has 14 heteroatoms. The van der Waals surface area contributed by atoms with Crippen LogP contribution in [0.3, 0.4) is 0 Å². The lowest BCUT2D eigenvalue weighted by Gasteiger charge is -2.46. The second kappa shape index (κ2) is 46.9. The molecule has 2 heterocycles. The number of aliphatic hydroxyl groups excluding tert-OH is 8. The lowest BCUT2D eigenvalue weighted by molar-refractivity contribution is -0.359. The van der Waals surface area contributed by atoms with Gasteiger partial charge in [0.25, 0.3) is 0 Å². The number of nitrogens with one attached hydrogen (secondary N) is 1. The van der Waals surface area contributed by atoms with Gasteiger partial charge in [0, 0.05) is 6.42 Å². The summed E-state index contributed by atoms with van der Waals surface area (Å²) in [5.74, 6) is -0.199. The average Bonchev–Trinajstić information content (AvgIpc) is 3.40. The van der Waals surface area contributed by atoms with Crippen LogP contribution < -0.4 is 5.32 Å². The molecule has 0 radical (unpaired) electrons. The minimum absolute atomic E-state index is 0.199. The minimum atomic E-state index is -1.78. The monoisotopic (exact) mass is 1060 g/mol. The van der Waals surface area contributed by atoms with Crippen LogP contribution in [0.25, 0.3) is 0 Å². The van der Waals surface area contributed by atoms with E-state index in [4.69, 9.17) is 18.9 Å². The van der Waals surface area contributed by atoms with Crippen molar-refractivity contribution in [3.63, 3.8) is 0 Å². The highest BCUT2D eigenvalue weighted by molar-refractivity contribution is 5.76. The molecule has 14 nitrogen and oxygen atoms in total. The predicted octanol–water partition coefficient (Wildman–Crippen LogP) is 10.9. The van der Waals surface area contributed by atoms with E-state index in [1.165, 1.54) is 205 Å². The van der Waals surface area contributed by atoms with Gasteiger partial charge < -0.3 is 65.1 Å². The van der Waals surface area contributed by atoms with E-state index in [9.17, 15) is 45.6 Å². The van der Waals surface area contributed by atoms with Crippen LogP contribution in [0.5, 0.6) is 0 Å². The first-order valence-electron chi connectivity index (χ1n) is 31.3. The number of ether oxygens (including phenoxy) is 4. The molecule has 2 aliphatic heterocycles. The fourth-order valence-corrected chi connectivity index (χ4v) is 10.8. The first kappa shape index (κ1) is 69.1. The Morgan fingerprint density at radius 2 is 0.770 bits per heavy atom. The summed E-state index contributed by atoms with van der Waals surface area (Å²) in [5.41, 5.74) is 0. The van der Waals surface area contributed by atoms with Crippen molar-refractivity contribution in [1.29, 1.82) is 0 Å². The third-order valence-corrected chi connectivity index (χ3v) is 15.8. The Bertz CT molecular complexity index is 1250. The third-order valence-electron chi connectivity index (χ3n) is 15.8. The number of carbonyl (C=O) groups is 1. The van der Waals surface area contributed by atoms with Gasteiger partial charge in [-0.05, 0) is 12.8 Å². The van der Waals surface area contributed by atoms with Gasteiger partial charge in [-0.3, -0.25) is 4.79 Å². The molecule has 2 aliphatic rings. The summed E-state index contributed by atoms with van der Waals surface area (Å²) >= 11 is 0. The quantitative estimate of drug-likeness (QED) is 0.0259. The van der Waals surface area contributed by atoms with E-state index in [2.05, 4.69) is 19.2 Å². The predicted molar refractivity (Wildman–Crippen MR) is 296 cm³/mol. The van der Waals surface area contributed by atoms with E-state index in [0.29, 0.717) is 12.8 Å². The van der Waals surface area contributed by atoms with Crippen molar-refractivity contribution in [1.82, 2.24) is 5.32 Å². The van der Waals surface area contributed by atoms with Crippen molar-refractivity contribution < 1.29 is 64.6 Å². The van der Waals surface area contributed by atoms with Crippen molar-refractivity contribution in [2.75, 3.05) is 19.8 Å². The maximum atomic E-state index is 13.3. The number of hydrogen-bond donors (Lipinski definition) is 9. The number of hydrogen-bond acceptors (Lipinski definition) is 13. The molecule has 2 rings (SSSR count). The van der Waals surface area contributed by atoms with Gasteiger partial charge in [0.05, 0.1) is 32.0 Å². The average molecular weight is 1060 g/mol. The number of rotatable bonds is 51. The Balaban J connectivity index is 1.71. The smallest absolute Gasteiger partial charge is 0.220 e. The number of aliphatic hydroxyl groups is 8. The van der Waals surface area contributed by atoms with Crippen LogP contribution in [0, 0.1) is 0 Å². The van der Waals surface area contributed by atoms with Gasteiger partial charge >= 0.3 is 0 Å². The molecule has 12 unspecified atom stereocenters. The molecule has 12 atom stereocenters. The van der Waals surface area contributed by atoms with E-state index in [1.807, 2.05) is 0 Å². The molecular weight excluding hydrogens is 943 g/mol. The third kappa shape index (κ3) is 32.2.